The van der Waals surface area contributed by atoms with Crippen molar-refractivity contribution in [3.63, 3.8) is 0 Å². The molecule has 186 valence electrons. The number of hydrogen-bond acceptors (Lipinski definition) is 10. The fourth-order valence-corrected chi connectivity index (χ4v) is 4.41. The highest BCUT2D eigenvalue weighted by molar-refractivity contribution is 7.88. The molecule has 1 N–H and O–H groups in total. The number of amides is 1. The van der Waals surface area contributed by atoms with Crippen LogP contribution in [0, 0.1) is 6.92 Å². The molecule has 1 aromatic carbocycles. The molecule has 0 unspecified atom stereocenters. The number of morpholine rings is 1. The summed E-state index contributed by atoms with van der Waals surface area (Å²) in [6.45, 7) is 3.00. The maximum absolute atomic E-state index is 12.7. The Morgan fingerprint density at radius 3 is 2.89 bits per heavy atom. The number of hydrogen-bond donors (Lipinski definition) is 1. The first-order valence-electron chi connectivity index (χ1n) is 10.8. The molecule has 2 aromatic heterocycles. The Bertz CT molecular complexity index is 1310. The number of carbonyl (C=O) groups excluding carboxylic acids is 1. The number of carbonyl (C=O) groups is 1. The average Bonchev–Trinajstić information content (AvgIpc) is 3.30. The van der Waals surface area contributed by atoms with Crippen LogP contribution in [0.1, 0.15) is 21.9 Å². The highest BCUT2D eigenvalue weighted by atomic mass is 32.2. The molecule has 0 spiro atoms. The smallest absolute Gasteiger partial charge is 0.270 e. The predicted octanol–water partition coefficient (Wildman–Crippen LogP) is 0.0375. The van der Waals surface area contributed by atoms with Gasteiger partial charge in [0.15, 0.2) is 0 Å². The van der Waals surface area contributed by atoms with E-state index in [1.165, 1.54) is 21.4 Å². The van der Waals surface area contributed by atoms with E-state index in [-0.39, 0.29) is 30.5 Å². The number of aryl methyl sites for hydroxylation is 1. The van der Waals surface area contributed by atoms with Crippen molar-refractivity contribution in [2.75, 3.05) is 33.1 Å². The second-order valence-corrected chi connectivity index (χ2v) is 9.98. The van der Waals surface area contributed by atoms with Crippen molar-refractivity contribution in [3.8, 4) is 17.3 Å². The molecule has 35 heavy (non-hydrogen) atoms. The fraction of sp³-hybridized carbons (Fsp3) is 0.429. The van der Waals surface area contributed by atoms with Crippen LogP contribution in [0.15, 0.2) is 30.3 Å². The number of nitrogens with zero attached hydrogens (tertiary/aromatic N) is 7. The van der Waals surface area contributed by atoms with Crippen LogP contribution >= 0.6 is 0 Å². The lowest BCUT2D eigenvalue weighted by Crippen LogP contribution is -2.46. The molecule has 1 aliphatic heterocycles. The van der Waals surface area contributed by atoms with E-state index in [0.717, 1.165) is 5.56 Å². The number of rotatable bonds is 8. The van der Waals surface area contributed by atoms with Crippen molar-refractivity contribution in [1.29, 1.82) is 0 Å². The van der Waals surface area contributed by atoms with Crippen LogP contribution in [-0.2, 0) is 27.8 Å². The summed E-state index contributed by atoms with van der Waals surface area (Å²) < 4.78 is 35.8. The van der Waals surface area contributed by atoms with Crippen LogP contribution in [-0.4, -0.2) is 88.0 Å². The maximum Gasteiger partial charge on any atom is 0.270 e. The molecule has 0 aliphatic carbocycles. The average molecular weight is 503 g/mol. The maximum atomic E-state index is 12.7. The van der Waals surface area contributed by atoms with Crippen LogP contribution in [0.3, 0.4) is 0 Å². The van der Waals surface area contributed by atoms with Crippen molar-refractivity contribution < 1.29 is 22.7 Å². The summed E-state index contributed by atoms with van der Waals surface area (Å²) >= 11 is 0. The lowest BCUT2D eigenvalue weighted by Gasteiger charge is -2.30. The SMILES string of the molecule is COc1cccc(CNC(=O)c2cc(-c3nnn(C[C@@H]4CN(S(C)(=O)=O)CCO4)n3)nc(C)n2)c1. The largest absolute Gasteiger partial charge is 0.497 e. The van der Waals surface area contributed by atoms with E-state index in [1.54, 1.807) is 14.0 Å². The normalized spacial score (nSPS) is 16.7. The first kappa shape index (κ1) is 24.6. The standard InChI is InChI=1S/C21H26N8O5S/c1-14-23-18(10-19(24-14)21(30)22-11-15-5-4-6-16(9-15)33-2)20-25-27-29(26-20)13-17-12-28(7-8-34-17)35(3,31)32/h4-6,9-10,17H,7-8,11-13H2,1-3H3,(H,22,30)/t17-/m0/s1. The first-order valence-corrected chi connectivity index (χ1v) is 12.7. The molecule has 1 saturated heterocycles. The minimum atomic E-state index is -3.31. The van der Waals surface area contributed by atoms with Gasteiger partial charge in [-0.05, 0) is 35.9 Å². The summed E-state index contributed by atoms with van der Waals surface area (Å²) in [4.78, 5) is 22.6. The molecule has 3 aromatic rings. The Balaban J connectivity index is 1.43. The van der Waals surface area contributed by atoms with Gasteiger partial charge in [-0.2, -0.15) is 9.10 Å². The van der Waals surface area contributed by atoms with E-state index in [0.29, 0.717) is 37.0 Å². The number of aromatic nitrogens is 6. The number of sulfonamides is 1. The zero-order chi connectivity index (χ0) is 25.0. The third kappa shape index (κ3) is 6.35. The molecule has 3 heterocycles. The van der Waals surface area contributed by atoms with Gasteiger partial charge < -0.3 is 14.8 Å². The minimum Gasteiger partial charge on any atom is -0.497 e. The quantitative estimate of drug-likeness (QED) is 0.446. The zero-order valence-corrected chi connectivity index (χ0v) is 20.4. The van der Waals surface area contributed by atoms with Gasteiger partial charge in [0.05, 0.1) is 32.6 Å². The van der Waals surface area contributed by atoms with Crippen LogP contribution in [0.25, 0.3) is 11.5 Å². The van der Waals surface area contributed by atoms with Gasteiger partial charge in [0, 0.05) is 19.6 Å². The molecular formula is C21H26N8O5S. The number of benzene rings is 1. The molecular weight excluding hydrogens is 476 g/mol. The third-order valence-electron chi connectivity index (χ3n) is 5.28. The molecule has 1 fully saturated rings. The Hall–Kier alpha value is -3.49. The minimum absolute atomic E-state index is 0.172. The van der Waals surface area contributed by atoms with Crippen molar-refractivity contribution in [2.45, 2.75) is 26.1 Å². The molecule has 0 radical (unpaired) electrons. The topological polar surface area (TPSA) is 154 Å². The van der Waals surface area contributed by atoms with Gasteiger partial charge in [0.1, 0.15) is 23.0 Å². The summed E-state index contributed by atoms with van der Waals surface area (Å²) in [7, 11) is -1.72. The van der Waals surface area contributed by atoms with Gasteiger partial charge in [0.2, 0.25) is 15.8 Å². The Morgan fingerprint density at radius 2 is 2.11 bits per heavy atom. The molecule has 1 amide bonds. The van der Waals surface area contributed by atoms with E-state index >= 15 is 0 Å². The van der Waals surface area contributed by atoms with E-state index in [9.17, 15) is 13.2 Å². The highest BCUT2D eigenvalue weighted by Gasteiger charge is 2.27. The summed E-state index contributed by atoms with van der Waals surface area (Å²) in [6.07, 6.45) is 0.758. The van der Waals surface area contributed by atoms with Gasteiger partial charge in [0.25, 0.3) is 5.91 Å². The second kappa shape index (κ2) is 10.4. The van der Waals surface area contributed by atoms with Gasteiger partial charge in [-0.25, -0.2) is 18.4 Å². The van der Waals surface area contributed by atoms with E-state index < -0.39 is 16.1 Å². The molecule has 1 aliphatic rings. The molecule has 0 bridgehead atoms. The van der Waals surface area contributed by atoms with E-state index in [4.69, 9.17) is 9.47 Å². The lowest BCUT2D eigenvalue weighted by atomic mass is 10.2. The summed E-state index contributed by atoms with van der Waals surface area (Å²) in [6, 6.07) is 8.89. The van der Waals surface area contributed by atoms with E-state index in [1.807, 2.05) is 24.3 Å². The fourth-order valence-electron chi connectivity index (χ4n) is 3.56. The highest BCUT2D eigenvalue weighted by Crippen LogP contribution is 2.15. The Morgan fingerprint density at radius 1 is 1.29 bits per heavy atom. The monoisotopic (exact) mass is 502 g/mol. The summed E-state index contributed by atoms with van der Waals surface area (Å²) in [5.41, 5.74) is 1.40. The van der Waals surface area contributed by atoms with Crippen molar-refractivity contribution in [3.05, 3.63) is 47.4 Å². The number of tetrazole rings is 1. The summed E-state index contributed by atoms with van der Waals surface area (Å²) in [5.74, 6) is 0.926. The lowest BCUT2D eigenvalue weighted by molar-refractivity contribution is -0.0141. The van der Waals surface area contributed by atoms with Crippen LogP contribution < -0.4 is 10.1 Å². The van der Waals surface area contributed by atoms with Crippen molar-refractivity contribution >= 4 is 15.9 Å². The Labute approximate surface area is 202 Å². The number of nitrogens with one attached hydrogen (secondary N) is 1. The summed E-state index contributed by atoms with van der Waals surface area (Å²) in [5, 5.41) is 15.2. The zero-order valence-electron chi connectivity index (χ0n) is 19.6. The molecule has 4 rings (SSSR count). The molecule has 1 atom stereocenters. The molecule has 13 nitrogen and oxygen atoms in total. The van der Waals surface area contributed by atoms with Gasteiger partial charge in [-0.3, -0.25) is 4.79 Å². The van der Waals surface area contributed by atoms with Crippen molar-refractivity contribution in [2.24, 2.45) is 0 Å². The van der Waals surface area contributed by atoms with E-state index in [2.05, 4.69) is 30.7 Å². The van der Waals surface area contributed by atoms with Crippen LogP contribution in [0.4, 0.5) is 0 Å². The van der Waals surface area contributed by atoms with Gasteiger partial charge >= 0.3 is 0 Å². The third-order valence-corrected chi connectivity index (χ3v) is 6.55. The molecule has 14 heteroatoms. The predicted molar refractivity (Wildman–Crippen MR) is 124 cm³/mol. The van der Waals surface area contributed by atoms with Gasteiger partial charge in [-0.15, -0.1) is 10.2 Å². The second-order valence-electron chi connectivity index (χ2n) is 8.00. The number of methoxy groups -OCH3 is 1. The molecule has 0 saturated carbocycles. The Kier molecular flexibility index (Phi) is 7.33. The van der Waals surface area contributed by atoms with Gasteiger partial charge in [-0.1, -0.05) is 12.1 Å². The van der Waals surface area contributed by atoms with Crippen LogP contribution in [0.2, 0.25) is 0 Å². The van der Waals surface area contributed by atoms with Crippen molar-refractivity contribution in [1.82, 2.24) is 39.8 Å². The number of ether oxygens (including phenoxy) is 2. The first-order chi connectivity index (χ1) is 16.7. The van der Waals surface area contributed by atoms with Crippen LogP contribution in [0.5, 0.6) is 5.75 Å².